The molecule has 1 aliphatic rings. The number of rotatable bonds is 7. The standard InChI is InChI=1S/C20H22N2O4/c1-25-18-10-14(8-9-17(18)26-12-19(21)23)20(24)22-11-15-7-6-13-4-2-3-5-16(13)15/h2-5,8-10,15H,6-7,11-12H2,1H3,(H2,21,23)(H,22,24). The number of nitrogens with two attached hydrogens (primary N) is 1. The van der Waals surface area contributed by atoms with Gasteiger partial charge in [0.1, 0.15) is 0 Å². The highest BCUT2D eigenvalue weighted by Gasteiger charge is 2.22. The van der Waals surface area contributed by atoms with Gasteiger partial charge in [0.2, 0.25) is 0 Å². The number of carbonyl (C=O) groups is 2. The minimum Gasteiger partial charge on any atom is -0.493 e. The number of primary amides is 1. The molecular formula is C20H22N2O4. The van der Waals surface area contributed by atoms with Gasteiger partial charge in [-0.05, 0) is 42.2 Å². The van der Waals surface area contributed by atoms with Crippen molar-refractivity contribution in [1.82, 2.24) is 5.32 Å². The highest BCUT2D eigenvalue weighted by atomic mass is 16.5. The van der Waals surface area contributed by atoms with Crippen molar-refractivity contribution in [1.29, 1.82) is 0 Å². The van der Waals surface area contributed by atoms with Crippen LogP contribution in [-0.2, 0) is 11.2 Å². The molecule has 26 heavy (non-hydrogen) atoms. The third-order valence-electron chi connectivity index (χ3n) is 4.56. The Kier molecular flexibility index (Phi) is 5.41. The van der Waals surface area contributed by atoms with Gasteiger partial charge in [0.05, 0.1) is 7.11 Å². The number of fused-ring (bicyclic) bond motifs is 1. The summed E-state index contributed by atoms with van der Waals surface area (Å²) in [6.07, 6.45) is 2.10. The van der Waals surface area contributed by atoms with Crippen molar-refractivity contribution in [2.45, 2.75) is 18.8 Å². The van der Waals surface area contributed by atoms with E-state index in [0.29, 0.717) is 29.5 Å². The predicted octanol–water partition coefficient (Wildman–Crippen LogP) is 2.02. The Bertz CT molecular complexity index is 819. The van der Waals surface area contributed by atoms with E-state index in [4.69, 9.17) is 15.2 Å². The van der Waals surface area contributed by atoms with Crippen LogP contribution in [0.15, 0.2) is 42.5 Å². The Morgan fingerprint density at radius 1 is 1.19 bits per heavy atom. The minimum absolute atomic E-state index is 0.172. The topological polar surface area (TPSA) is 90.7 Å². The maximum Gasteiger partial charge on any atom is 0.255 e. The zero-order valence-electron chi connectivity index (χ0n) is 14.7. The van der Waals surface area contributed by atoms with Crippen molar-refractivity contribution in [3.8, 4) is 11.5 Å². The summed E-state index contributed by atoms with van der Waals surface area (Å²) in [4.78, 5) is 23.3. The molecule has 0 radical (unpaired) electrons. The molecule has 1 atom stereocenters. The fraction of sp³-hybridized carbons (Fsp3) is 0.300. The van der Waals surface area contributed by atoms with Gasteiger partial charge in [-0.15, -0.1) is 0 Å². The van der Waals surface area contributed by atoms with E-state index in [2.05, 4.69) is 17.4 Å². The summed E-state index contributed by atoms with van der Waals surface area (Å²) in [6.45, 7) is 0.348. The quantitative estimate of drug-likeness (QED) is 0.796. The Hall–Kier alpha value is -3.02. The summed E-state index contributed by atoms with van der Waals surface area (Å²) in [5.74, 6) is 0.341. The number of carbonyl (C=O) groups excluding carboxylic acids is 2. The average molecular weight is 354 g/mol. The Morgan fingerprint density at radius 2 is 2.00 bits per heavy atom. The van der Waals surface area contributed by atoms with Crippen molar-refractivity contribution in [2.75, 3.05) is 20.3 Å². The Labute approximate surface area is 152 Å². The van der Waals surface area contributed by atoms with Gasteiger partial charge >= 0.3 is 0 Å². The molecule has 0 heterocycles. The van der Waals surface area contributed by atoms with Crippen LogP contribution < -0.4 is 20.5 Å². The van der Waals surface area contributed by atoms with Crippen molar-refractivity contribution in [2.24, 2.45) is 5.73 Å². The largest absolute Gasteiger partial charge is 0.493 e. The molecular weight excluding hydrogens is 332 g/mol. The first-order chi connectivity index (χ1) is 12.6. The molecule has 6 nitrogen and oxygen atoms in total. The molecule has 6 heteroatoms. The molecule has 0 spiro atoms. The second-order valence-electron chi connectivity index (χ2n) is 6.27. The third-order valence-corrected chi connectivity index (χ3v) is 4.56. The second-order valence-corrected chi connectivity index (χ2v) is 6.27. The minimum atomic E-state index is -0.578. The van der Waals surface area contributed by atoms with Crippen LogP contribution in [0.5, 0.6) is 11.5 Å². The van der Waals surface area contributed by atoms with Gasteiger partial charge in [-0.25, -0.2) is 0 Å². The second kappa shape index (κ2) is 7.91. The van der Waals surface area contributed by atoms with E-state index in [1.807, 2.05) is 12.1 Å². The molecule has 2 aromatic rings. The van der Waals surface area contributed by atoms with Crippen LogP contribution in [0.1, 0.15) is 33.8 Å². The number of aryl methyl sites for hydroxylation is 1. The SMILES string of the molecule is COc1cc(C(=O)NCC2CCc3ccccc32)ccc1OCC(N)=O. The first-order valence-electron chi connectivity index (χ1n) is 8.53. The van der Waals surface area contributed by atoms with Crippen molar-refractivity contribution in [3.05, 3.63) is 59.2 Å². The van der Waals surface area contributed by atoms with Crippen LogP contribution in [-0.4, -0.2) is 32.1 Å². The molecule has 1 unspecified atom stereocenters. The van der Waals surface area contributed by atoms with Crippen LogP contribution in [0.2, 0.25) is 0 Å². The fourth-order valence-corrected chi connectivity index (χ4v) is 3.25. The van der Waals surface area contributed by atoms with Gasteiger partial charge in [0.25, 0.3) is 11.8 Å². The van der Waals surface area contributed by atoms with E-state index in [1.54, 1.807) is 18.2 Å². The van der Waals surface area contributed by atoms with Gasteiger partial charge < -0.3 is 20.5 Å². The summed E-state index contributed by atoms with van der Waals surface area (Å²) >= 11 is 0. The Balaban J connectivity index is 1.64. The van der Waals surface area contributed by atoms with Crippen LogP contribution >= 0.6 is 0 Å². The van der Waals surface area contributed by atoms with E-state index in [-0.39, 0.29) is 12.5 Å². The van der Waals surface area contributed by atoms with Gasteiger partial charge in [-0.2, -0.15) is 0 Å². The molecule has 136 valence electrons. The molecule has 1 aliphatic carbocycles. The van der Waals surface area contributed by atoms with Crippen molar-refractivity contribution < 1.29 is 19.1 Å². The third kappa shape index (κ3) is 3.96. The molecule has 0 aromatic heterocycles. The van der Waals surface area contributed by atoms with E-state index in [9.17, 15) is 9.59 Å². The summed E-state index contributed by atoms with van der Waals surface area (Å²) in [5.41, 5.74) is 8.23. The van der Waals surface area contributed by atoms with Gasteiger partial charge in [-0.1, -0.05) is 24.3 Å². The summed E-state index contributed by atoms with van der Waals surface area (Å²) < 4.78 is 10.5. The van der Waals surface area contributed by atoms with E-state index >= 15 is 0 Å². The van der Waals surface area contributed by atoms with Crippen LogP contribution in [0.4, 0.5) is 0 Å². The molecule has 2 aromatic carbocycles. The molecule has 0 fully saturated rings. The van der Waals surface area contributed by atoms with E-state index < -0.39 is 5.91 Å². The number of amides is 2. The predicted molar refractivity (Wildman–Crippen MR) is 97.5 cm³/mol. The number of ether oxygens (including phenoxy) is 2. The summed E-state index contributed by atoms with van der Waals surface area (Å²) in [6, 6.07) is 13.2. The molecule has 3 rings (SSSR count). The number of benzene rings is 2. The summed E-state index contributed by atoms with van der Waals surface area (Å²) in [5, 5.41) is 2.99. The zero-order chi connectivity index (χ0) is 18.5. The monoisotopic (exact) mass is 354 g/mol. The van der Waals surface area contributed by atoms with Crippen LogP contribution in [0, 0.1) is 0 Å². The maximum absolute atomic E-state index is 12.5. The highest BCUT2D eigenvalue weighted by Crippen LogP contribution is 2.32. The number of nitrogens with one attached hydrogen (secondary N) is 1. The van der Waals surface area contributed by atoms with Crippen LogP contribution in [0.3, 0.4) is 0 Å². The van der Waals surface area contributed by atoms with Gasteiger partial charge in [0.15, 0.2) is 18.1 Å². The van der Waals surface area contributed by atoms with E-state index in [0.717, 1.165) is 12.8 Å². The van der Waals surface area contributed by atoms with Crippen molar-refractivity contribution >= 4 is 11.8 Å². The molecule has 0 saturated carbocycles. The molecule has 0 saturated heterocycles. The molecule has 0 aliphatic heterocycles. The number of hydrogen-bond donors (Lipinski definition) is 2. The summed E-state index contributed by atoms with van der Waals surface area (Å²) in [7, 11) is 1.48. The smallest absolute Gasteiger partial charge is 0.255 e. The fourth-order valence-electron chi connectivity index (χ4n) is 3.25. The number of methoxy groups -OCH3 is 1. The first-order valence-corrected chi connectivity index (χ1v) is 8.53. The lowest BCUT2D eigenvalue weighted by atomic mass is 10.0. The maximum atomic E-state index is 12.5. The lowest BCUT2D eigenvalue weighted by Crippen LogP contribution is -2.27. The van der Waals surface area contributed by atoms with Gasteiger partial charge in [-0.3, -0.25) is 9.59 Å². The molecule has 0 bridgehead atoms. The molecule has 3 N–H and O–H groups in total. The molecule has 2 amide bonds. The zero-order valence-corrected chi connectivity index (χ0v) is 14.7. The highest BCUT2D eigenvalue weighted by molar-refractivity contribution is 5.95. The lowest BCUT2D eigenvalue weighted by Gasteiger charge is -2.14. The average Bonchev–Trinajstić information content (AvgIpc) is 3.07. The van der Waals surface area contributed by atoms with Gasteiger partial charge in [0, 0.05) is 18.0 Å². The van der Waals surface area contributed by atoms with Crippen LogP contribution in [0.25, 0.3) is 0 Å². The normalized spacial score (nSPS) is 15.2. The lowest BCUT2D eigenvalue weighted by molar-refractivity contribution is -0.119. The number of hydrogen-bond acceptors (Lipinski definition) is 4. The van der Waals surface area contributed by atoms with E-state index in [1.165, 1.54) is 18.2 Å². The Morgan fingerprint density at radius 3 is 2.77 bits per heavy atom. The first kappa shape index (κ1) is 17.8. The van der Waals surface area contributed by atoms with Crippen molar-refractivity contribution in [3.63, 3.8) is 0 Å².